The summed E-state index contributed by atoms with van der Waals surface area (Å²) in [6.07, 6.45) is -17.1. The van der Waals surface area contributed by atoms with E-state index in [4.69, 9.17) is 23.7 Å². The van der Waals surface area contributed by atoms with Crippen LogP contribution in [0.4, 0.5) is 0 Å². The van der Waals surface area contributed by atoms with E-state index in [0.717, 1.165) is 13.8 Å². The lowest BCUT2D eigenvalue weighted by Gasteiger charge is -2.50. The van der Waals surface area contributed by atoms with Gasteiger partial charge in [0.05, 0.1) is 32.0 Å². The zero-order valence-corrected chi connectivity index (χ0v) is 24.2. The van der Waals surface area contributed by atoms with Gasteiger partial charge in [0, 0.05) is 20.8 Å². The molecule has 3 aliphatic heterocycles. The number of aliphatic hydroxyl groups is 7. The minimum atomic E-state index is -1.72. The van der Waals surface area contributed by atoms with Crippen LogP contribution in [0.25, 0.3) is 0 Å². The fourth-order valence-corrected chi connectivity index (χ4v) is 5.53. The molecule has 18 nitrogen and oxygen atoms in total. The van der Waals surface area contributed by atoms with E-state index in [-0.39, 0.29) is 0 Å². The van der Waals surface area contributed by atoms with Crippen molar-refractivity contribution >= 4 is 17.7 Å². The summed E-state index contributed by atoms with van der Waals surface area (Å²) in [5.41, 5.74) is 0. The van der Waals surface area contributed by atoms with Gasteiger partial charge in [-0.15, -0.1) is 0 Å². The van der Waals surface area contributed by atoms with Crippen molar-refractivity contribution in [3.05, 3.63) is 0 Å². The van der Waals surface area contributed by atoms with Crippen LogP contribution < -0.4 is 16.0 Å². The predicted octanol–water partition coefficient (Wildman–Crippen LogP) is -6.07. The van der Waals surface area contributed by atoms with Crippen LogP contribution in [0.1, 0.15) is 27.7 Å². The Morgan fingerprint density at radius 1 is 0.581 bits per heavy atom. The Morgan fingerprint density at radius 2 is 0.953 bits per heavy atom. The summed E-state index contributed by atoms with van der Waals surface area (Å²) in [5.74, 6) is -1.74. The molecule has 3 amide bonds. The Kier molecular flexibility index (Phi) is 12.6. The van der Waals surface area contributed by atoms with Crippen LogP contribution in [0.15, 0.2) is 0 Å². The summed E-state index contributed by atoms with van der Waals surface area (Å²) < 4.78 is 29.0. The molecule has 10 N–H and O–H groups in total. The van der Waals surface area contributed by atoms with Gasteiger partial charge in [-0.05, 0) is 6.92 Å². The zero-order valence-electron chi connectivity index (χ0n) is 24.2. The largest absolute Gasteiger partial charge is 0.394 e. The standard InChI is InChI=1S/C25H43N3O15/c1-8-15(26-9(2)32)20(37)22(13(6-30)39-8)42-25-17(28-11(4)34)21(38)23(14(7-31)41-25)43-24-16(27-10(3)33)19(36)18(35)12(5-29)40-24/h8,12-25,29-31,35-38H,5-7H2,1-4H3,(H,26,32)(H,27,33)(H,28,34)/t8-,12?,13?,14?,15?,16?,17?,18+,19?,20?,21?,22+,23+,24-,25-/m0/s1. The maximum atomic E-state index is 12.1. The number of carbonyl (C=O) groups is 3. The second-order valence-electron chi connectivity index (χ2n) is 10.9. The Balaban J connectivity index is 1.89. The minimum absolute atomic E-state index is 0.468. The molecule has 3 aliphatic rings. The molecule has 0 aromatic rings. The van der Waals surface area contributed by atoms with Gasteiger partial charge >= 0.3 is 0 Å². The van der Waals surface area contributed by atoms with Gasteiger partial charge in [0.2, 0.25) is 17.7 Å². The molecule has 0 radical (unpaired) electrons. The van der Waals surface area contributed by atoms with E-state index in [1.807, 2.05) is 0 Å². The van der Waals surface area contributed by atoms with Crippen LogP contribution in [0, 0.1) is 0 Å². The SMILES string of the molecule is CC(=O)NC1C(O)[C@H](O)C(CO)O[C@H]1O[C@@H]1C(CO)O[C@@H](O[C@@H]2C(CO)O[C@@H](C)C(NC(C)=O)C2O)C(NC(C)=O)C1O. The second-order valence-corrected chi connectivity index (χ2v) is 10.9. The van der Waals surface area contributed by atoms with Crippen molar-refractivity contribution in [2.45, 2.75) is 119 Å². The Hall–Kier alpha value is -2.07. The number of hydrogen-bond acceptors (Lipinski definition) is 15. The van der Waals surface area contributed by atoms with E-state index in [1.165, 1.54) is 6.92 Å². The molecule has 0 spiro atoms. The second kappa shape index (κ2) is 15.3. The highest BCUT2D eigenvalue weighted by molar-refractivity contribution is 5.74. The highest BCUT2D eigenvalue weighted by Gasteiger charge is 2.54. The van der Waals surface area contributed by atoms with Crippen molar-refractivity contribution < 1.29 is 73.8 Å². The predicted molar refractivity (Wildman–Crippen MR) is 140 cm³/mol. The van der Waals surface area contributed by atoms with Crippen molar-refractivity contribution in [2.75, 3.05) is 19.8 Å². The molecule has 0 bridgehead atoms. The molecule has 0 aromatic carbocycles. The average Bonchev–Trinajstić information content (AvgIpc) is 2.94. The number of nitrogens with one attached hydrogen (secondary N) is 3. The lowest BCUT2D eigenvalue weighted by molar-refractivity contribution is -0.346. The molecule has 0 saturated carbocycles. The van der Waals surface area contributed by atoms with Crippen molar-refractivity contribution in [1.29, 1.82) is 0 Å². The van der Waals surface area contributed by atoms with Gasteiger partial charge in [0.15, 0.2) is 12.6 Å². The van der Waals surface area contributed by atoms with Crippen LogP contribution in [0.5, 0.6) is 0 Å². The van der Waals surface area contributed by atoms with E-state index in [1.54, 1.807) is 6.92 Å². The third-order valence-electron chi connectivity index (χ3n) is 7.57. The summed E-state index contributed by atoms with van der Waals surface area (Å²) >= 11 is 0. The fraction of sp³-hybridized carbons (Fsp3) is 0.880. The first-order valence-corrected chi connectivity index (χ1v) is 13.9. The Bertz CT molecular complexity index is 961. The molecule has 0 aromatic heterocycles. The van der Waals surface area contributed by atoms with E-state index in [0.29, 0.717) is 0 Å². The van der Waals surface area contributed by atoms with Gasteiger partial charge in [-0.25, -0.2) is 0 Å². The molecule has 3 heterocycles. The maximum absolute atomic E-state index is 12.1. The average molecular weight is 626 g/mol. The molecular formula is C25H43N3O15. The topological polar surface area (TPSA) is 275 Å². The third kappa shape index (κ3) is 8.16. The monoisotopic (exact) mass is 625 g/mol. The summed E-state index contributed by atoms with van der Waals surface area (Å²) in [6.45, 7) is 2.95. The Morgan fingerprint density at radius 3 is 1.40 bits per heavy atom. The molecule has 248 valence electrons. The summed E-state index contributed by atoms with van der Waals surface area (Å²) in [5, 5.41) is 80.5. The van der Waals surface area contributed by atoms with E-state index in [9.17, 15) is 50.1 Å². The van der Waals surface area contributed by atoms with Crippen LogP contribution in [-0.2, 0) is 38.1 Å². The van der Waals surface area contributed by atoms with Crippen LogP contribution in [0.3, 0.4) is 0 Å². The molecule has 3 saturated heterocycles. The first-order chi connectivity index (χ1) is 20.2. The molecule has 18 heteroatoms. The van der Waals surface area contributed by atoms with Gasteiger partial charge in [0.1, 0.15) is 67.0 Å². The summed E-state index contributed by atoms with van der Waals surface area (Å²) in [7, 11) is 0. The molecule has 43 heavy (non-hydrogen) atoms. The van der Waals surface area contributed by atoms with Crippen molar-refractivity contribution in [3.63, 3.8) is 0 Å². The van der Waals surface area contributed by atoms with E-state index < -0.39 is 129 Å². The van der Waals surface area contributed by atoms with E-state index in [2.05, 4.69) is 16.0 Å². The van der Waals surface area contributed by atoms with Gasteiger partial charge in [-0.3, -0.25) is 14.4 Å². The lowest BCUT2D eigenvalue weighted by atomic mass is 9.92. The molecule has 15 atom stereocenters. The maximum Gasteiger partial charge on any atom is 0.217 e. The van der Waals surface area contributed by atoms with Crippen molar-refractivity contribution in [3.8, 4) is 0 Å². The molecule has 3 rings (SSSR count). The minimum Gasteiger partial charge on any atom is -0.394 e. The third-order valence-corrected chi connectivity index (χ3v) is 7.57. The van der Waals surface area contributed by atoms with E-state index >= 15 is 0 Å². The number of rotatable bonds is 10. The van der Waals surface area contributed by atoms with Gasteiger partial charge in [0.25, 0.3) is 0 Å². The normalized spacial score (nSPS) is 43.5. The van der Waals surface area contributed by atoms with Crippen LogP contribution >= 0.6 is 0 Å². The van der Waals surface area contributed by atoms with Gasteiger partial charge in [-0.2, -0.15) is 0 Å². The summed E-state index contributed by atoms with van der Waals surface area (Å²) in [4.78, 5) is 35.7. The highest BCUT2D eigenvalue weighted by atomic mass is 16.7. The molecular weight excluding hydrogens is 582 g/mol. The number of hydrogen-bond donors (Lipinski definition) is 10. The number of amides is 3. The number of ether oxygens (including phenoxy) is 5. The highest BCUT2D eigenvalue weighted by Crippen LogP contribution is 2.32. The lowest BCUT2D eigenvalue weighted by Crippen LogP contribution is -2.70. The quantitative estimate of drug-likeness (QED) is 0.108. The number of carbonyl (C=O) groups excluding carboxylic acids is 3. The Labute approximate surface area is 247 Å². The van der Waals surface area contributed by atoms with Gasteiger partial charge in [-0.1, -0.05) is 0 Å². The summed E-state index contributed by atoms with van der Waals surface area (Å²) in [6, 6.07) is -3.77. The molecule has 0 aliphatic carbocycles. The number of aliphatic hydroxyl groups excluding tert-OH is 7. The van der Waals surface area contributed by atoms with Crippen molar-refractivity contribution in [1.82, 2.24) is 16.0 Å². The first kappa shape index (κ1) is 35.4. The van der Waals surface area contributed by atoms with Crippen LogP contribution in [0.2, 0.25) is 0 Å². The fourth-order valence-electron chi connectivity index (χ4n) is 5.53. The smallest absolute Gasteiger partial charge is 0.217 e. The molecule has 9 unspecified atom stereocenters. The molecule has 3 fully saturated rings. The van der Waals surface area contributed by atoms with Crippen molar-refractivity contribution in [2.24, 2.45) is 0 Å². The first-order valence-electron chi connectivity index (χ1n) is 13.9. The zero-order chi connectivity index (χ0) is 32.2. The van der Waals surface area contributed by atoms with Gasteiger partial charge < -0.3 is 75.4 Å². The van der Waals surface area contributed by atoms with Crippen LogP contribution in [-0.4, -0.2) is 165 Å².